The summed E-state index contributed by atoms with van der Waals surface area (Å²) in [7, 11) is 0. The number of carbonyl (C=O) groups is 1. The Balaban J connectivity index is 3.44. The van der Waals surface area contributed by atoms with Crippen molar-refractivity contribution < 1.29 is 9.90 Å². The summed E-state index contributed by atoms with van der Waals surface area (Å²) in [6.07, 6.45) is 0.905. The van der Waals surface area contributed by atoms with Crippen LogP contribution >= 0.6 is 0 Å². The van der Waals surface area contributed by atoms with Gasteiger partial charge in [-0.2, -0.15) is 0 Å². The standard InChI is InChI=1S/C18H29NO2/c1-8-9-19-16(21)12-10-13(17(2,3)4)15(20)14(11-12)18(5,6)7/h10-11,20H,8-9H2,1-7H3,(H,19,21). The molecular weight excluding hydrogens is 262 g/mol. The van der Waals surface area contributed by atoms with Gasteiger partial charge in [0.05, 0.1) is 0 Å². The summed E-state index contributed by atoms with van der Waals surface area (Å²) in [5, 5.41) is 13.5. The predicted octanol–water partition coefficient (Wildman–Crippen LogP) is 4.13. The van der Waals surface area contributed by atoms with E-state index in [2.05, 4.69) is 5.32 Å². The van der Waals surface area contributed by atoms with Crippen molar-refractivity contribution in [2.24, 2.45) is 0 Å². The van der Waals surface area contributed by atoms with Crippen LogP contribution in [0.1, 0.15) is 76.4 Å². The van der Waals surface area contributed by atoms with E-state index in [4.69, 9.17) is 0 Å². The van der Waals surface area contributed by atoms with Gasteiger partial charge in [0.1, 0.15) is 5.75 Å². The van der Waals surface area contributed by atoms with Crippen LogP contribution in [0.2, 0.25) is 0 Å². The van der Waals surface area contributed by atoms with Crippen molar-refractivity contribution in [3.63, 3.8) is 0 Å². The number of carbonyl (C=O) groups excluding carboxylic acids is 1. The van der Waals surface area contributed by atoms with Gasteiger partial charge in [-0.05, 0) is 29.4 Å². The molecule has 0 bridgehead atoms. The molecule has 0 atom stereocenters. The molecule has 21 heavy (non-hydrogen) atoms. The van der Waals surface area contributed by atoms with Crippen molar-refractivity contribution >= 4 is 5.91 Å². The molecule has 3 nitrogen and oxygen atoms in total. The molecule has 1 aromatic rings. The van der Waals surface area contributed by atoms with Gasteiger partial charge in [0.15, 0.2) is 0 Å². The molecule has 0 saturated heterocycles. The molecule has 0 aliphatic heterocycles. The van der Waals surface area contributed by atoms with Crippen molar-refractivity contribution in [3.8, 4) is 5.75 Å². The minimum Gasteiger partial charge on any atom is -0.507 e. The number of phenolic OH excluding ortho intramolecular Hbond substituents is 1. The molecule has 2 N–H and O–H groups in total. The Morgan fingerprint density at radius 2 is 1.48 bits per heavy atom. The van der Waals surface area contributed by atoms with Crippen LogP contribution in [0.4, 0.5) is 0 Å². The molecule has 1 aromatic carbocycles. The highest BCUT2D eigenvalue weighted by Crippen LogP contribution is 2.39. The van der Waals surface area contributed by atoms with E-state index in [0.717, 1.165) is 17.5 Å². The Hall–Kier alpha value is -1.51. The average molecular weight is 291 g/mol. The number of amides is 1. The molecule has 0 aliphatic carbocycles. The van der Waals surface area contributed by atoms with Gasteiger partial charge in [-0.1, -0.05) is 48.5 Å². The number of hydrogen-bond acceptors (Lipinski definition) is 2. The van der Waals surface area contributed by atoms with Crippen molar-refractivity contribution in [2.45, 2.75) is 65.7 Å². The summed E-state index contributed by atoms with van der Waals surface area (Å²) in [6.45, 7) is 15.0. The van der Waals surface area contributed by atoms with Crippen LogP contribution in [0.3, 0.4) is 0 Å². The first-order valence-corrected chi connectivity index (χ1v) is 7.64. The summed E-state index contributed by atoms with van der Waals surface area (Å²) in [5.74, 6) is 0.231. The smallest absolute Gasteiger partial charge is 0.251 e. The second kappa shape index (κ2) is 6.08. The fourth-order valence-corrected chi connectivity index (χ4v) is 2.25. The Morgan fingerprint density at radius 1 is 1.05 bits per heavy atom. The highest BCUT2D eigenvalue weighted by molar-refractivity contribution is 5.95. The minimum atomic E-state index is -0.217. The maximum Gasteiger partial charge on any atom is 0.251 e. The molecule has 0 spiro atoms. The zero-order valence-corrected chi connectivity index (χ0v) is 14.4. The maximum atomic E-state index is 12.3. The van der Waals surface area contributed by atoms with Gasteiger partial charge in [-0.3, -0.25) is 4.79 Å². The molecule has 1 rings (SSSR count). The topological polar surface area (TPSA) is 49.3 Å². The lowest BCUT2D eigenvalue weighted by Crippen LogP contribution is -2.26. The molecule has 0 aromatic heterocycles. The van der Waals surface area contributed by atoms with Crippen LogP contribution in [0.5, 0.6) is 5.75 Å². The van der Waals surface area contributed by atoms with E-state index in [1.54, 1.807) is 0 Å². The molecule has 0 radical (unpaired) electrons. The van der Waals surface area contributed by atoms with E-state index in [9.17, 15) is 9.90 Å². The third-order valence-corrected chi connectivity index (χ3v) is 3.52. The SMILES string of the molecule is CCCNC(=O)c1cc(C(C)(C)C)c(O)c(C(C)(C)C)c1. The van der Waals surface area contributed by atoms with Gasteiger partial charge in [-0.25, -0.2) is 0 Å². The quantitative estimate of drug-likeness (QED) is 0.880. The maximum absolute atomic E-state index is 12.3. The van der Waals surface area contributed by atoms with Crippen molar-refractivity contribution in [1.29, 1.82) is 0 Å². The summed E-state index contributed by atoms with van der Waals surface area (Å²) in [4.78, 5) is 12.3. The van der Waals surface area contributed by atoms with Gasteiger partial charge in [-0.15, -0.1) is 0 Å². The second-order valence-electron chi connectivity index (χ2n) is 7.68. The van der Waals surface area contributed by atoms with E-state index in [1.807, 2.05) is 60.6 Å². The Labute approximate surface area is 128 Å². The predicted molar refractivity (Wildman–Crippen MR) is 88.1 cm³/mol. The fourth-order valence-electron chi connectivity index (χ4n) is 2.25. The Bertz CT molecular complexity index is 484. The monoisotopic (exact) mass is 291 g/mol. The van der Waals surface area contributed by atoms with E-state index >= 15 is 0 Å². The number of nitrogens with one attached hydrogen (secondary N) is 1. The van der Waals surface area contributed by atoms with Gasteiger partial charge >= 0.3 is 0 Å². The Kier molecular flexibility index (Phi) is 5.08. The highest BCUT2D eigenvalue weighted by Gasteiger charge is 2.27. The number of rotatable bonds is 3. The van der Waals surface area contributed by atoms with E-state index in [0.29, 0.717) is 17.9 Å². The van der Waals surface area contributed by atoms with Crippen molar-refractivity contribution in [3.05, 3.63) is 28.8 Å². The molecule has 118 valence electrons. The van der Waals surface area contributed by atoms with Crippen molar-refractivity contribution in [1.82, 2.24) is 5.32 Å². The molecule has 0 aliphatic rings. The average Bonchev–Trinajstić information content (AvgIpc) is 2.33. The third kappa shape index (κ3) is 4.23. The van der Waals surface area contributed by atoms with Gasteiger partial charge < -0.3 is 10.4 Å². The summed E-state index contributed by atoms with van der Waals surface area (Å²) in [6, 6.07) is 3.63. The van der Waals surface area contributed by atoms with Crippen LogP contribution in [-0.4, -0.2) is 17.6 Å². The van der Waals surface area contributed by atoms with Gasteiger partial charge in [0.25, 0.3) is 5.91 Å². The lowest BCUT2D eigenvalue weighted by molar-refractivity contribution is 0.0953. The summed E-state index contributed by atoms with van der Waals surface area (Å²) >= 11 is 0. The van der Waals surface area contributed by atoms with Crippen LogP contribution in [-0.2, 0) is 10.8 Å². The molecule has 3 heteroatoms. The zero-order valence-electron chi connectivity index (χ0n) is 14.4. The molecular formula is C18H29NO2. The summed E-state index contributed by atoms with van der Waals surface area (Å²) < 4.78 is 0. The van der Waals surface area contributed by atoms with Crippen LogP contribution in [0, 0.1) is 0 Å². The van der Waals surface area contributed by atoms with Gasteiger partial charge in [0, 0.05) is 23.2 Å². The van der Waals surface area contributed by atoms with E-state index in [1.165, 1.54) is 0 Å². The second-order valence-corrected chi connectivity index (χ2v) is 7.68. The first kappa shape index (κ1) is 17.5. The van der Waals surface area contributed by atoms with Crippen LogP contribution in [0.25, 0.3) is 0 Å². The molecule has 1 amide bonds. The lowest BCUT2D eigenvalue weighted by atomic mass is 9.78. The number of benzene rings is 1. The first-order chi connectivity index (χ1) is 9.48. The zero-order chi connectivity index (χ0) is 16.4. The fraction of sp³-hybridized carbons (Fsp3) is 0.611. The number of aromatic hydroxyl groups is 1. The molecule has 0 saturated carbocycles. The van der Waals surface area contributed by atoms with E-state index < -0.39 is 0 Å². The first-order valence-electron chi connectivity index (χ1n) is 7.64. The van der Waals surface area contributed by atoms with Gasteiger partial charge in [0.2, 0.25) is 0 Å². The molecule has 0 unspecified atom stereocenters. The largest absolute Gasteiger partial charge is 0.507 e. The van der Waals surface area contributed by atoms with Crippen LogP contribution in [0.15, 0.2) is 12.1 Å². The highest BCUT2D eigenvalue weighted by atomic mass is 16.3. The normalized spacial score (nSPS) is 12.3. The lowest BCUT2D eigenvalue weighted by Gasteiger charge is -2.28. The number of phenols is 1. The third-order valence-electron chi connectivity index (χ3n) is 3.52. The number of hydrogen-bond donors (Lipinski definition) is 2. The van der Waals surface area contributed by atoms with Crippen LogP contribution < -0.4 is 5.32 Å². The van der Waals surface area contributed by atoms with Crippen molar-refractivity contribution in [2.75, 3.05) is 6.54 Å². The summed E-state index contributed by atoms with van der Waals surface area (Å²) in [5.41, 5.74) is 1.82. The molecule has 0 heterocycles. The van der Waals surface area contributed by atoms with E-state index in [-0.39, 0.29) is 16.7 Å². The molecule has 0 fully saturated rings. The minimum absolute atomic E-state index is 0.0761. The Morgan fingerprint density at radius 3 is 1.81 bits per heavy atom.